The summed E-state index contributed by atoms with van der Waals surface area (Å²) in [6, 6.07) is 1.76. The van der Waals surface area contributed by atoms with E-state index in [-0.39, 0.29) is 12.3 Å². The van der Waals surface area contributed by atoms with Gasteiger partial charge in [-0.2, -0.15) is 0 Å². The molecule has 1 aliphatic carbocycles. The monoisotopic (exact) mass is 296 g/mol. The first-order valence-electron chi connectivity index (χ1n) is 6.88. The number of carboxylic acid groups (broad SMARTS) is 1. The molecule has 1 aromatic rings. The molecule has 1 aromatic carbocycles. The van der Waals surface area contributed by atoms with Gasteiger partial charge in [-0.3, -0.25) is 4.79 Å². The van der Waals surface area contributed by atoms with Crippen molar-refractivity contribution in [2.75, 3.05) is 13.2 Å². The number of hydrogen-bond acceptors (Lipinski definition) is 3. The second kappa shape index (κ2) is 5.17. The summed E-state index contributed by atoms with van der Waals surface area (Å²) in [5, 5.41) is 9.73. The summed E-state index contributed by atoms with van der Waals surface area (Å²) in [7, 11) is 0. The fraction of sp³-hybridized carbons (Fsp3) is 0.533. The van der Waals surface area contributed by atoms with E-state index in [1.807, 2.05) is 6.92 Å². The minimum absolute atomic E-state index is 0.0316. The molecule has 4 nitrogen and oxygen atoms in total. The SMILES string of the molecule is Cc1c2c(cc(Cl)c1C(CC(=O)O)C1CC1)OCCO2. The molecule has 1 heterocycles. The summed E-state index contributed by atoms with van der Waals surface area (Å²) in [5.74, 6) is 0.979. The molecule has 0 spiro atoms. The molecule has 1 aliphatic heterocycles. The Morgan fingerprint density at radius 1 is 1.45 bits per heavy atom. The maximum absolute atomic E-state index is 11.1. The third-order valence-corrected chi connectivity index (χ3v) is 4.34. The zero-order valence-corrected chi connectivity index (χ0v) is 12.1. The van der Waals surface area contributed by atoms with Crippen molar-refractivity contribution < 1.29 is 19.4 Å². The van der Waals surface area contributed by atoms with Gasteiger partial charge in [-0.25, -0.2) is 0 Å². The van der Waals surface area contributed by atoms with Crippen molar-refractivity contribution in [2.24, 2.45) is 5.92 Å². The summed E-state index contributed by atoms with van der Waals surface area (Å²) in [6.07, 6.45) is 2.26. The Hall–Kier alpha value is -1.42. The lowest BCUT2D eigenvalue weighted by molar-refractivity contribution is -0.137. The minimum Gasteiger partial charge on any atom is -0.486 e. The van der Waals surface area contributed by atoms with E-state index in [1.165, 1.54) is 0 Å². The average molecular weight is 297 g/mol. The Balaban J connectivity index is 2.04. The molecular weight excluding hydrogens is 280 g/mol. The van der Waals surface area contributed by atoms with Crippen LogP contribution in [0, 0.1) is 12.8 Å². The molecule has 1 atom stereocenters. The quantitative estimate of drug-likeness (QED) is 0.925. The Labute approximate surface area is 122 Å². The number of halogens is 1. The Bertz CT molecular complexity index is 551. The minimum atomic E-state index is -0.785. The predicted molar refractivity (Wildman–Crippen MR) is 74.9 cm³/mol. The first kappa shape index (κ1) is 13.6. The van der Waals surface area contributed by atoms with Crippen molar-refractivity contribution in [1.29, 1.82) is 0 Å². The van der Waals surface area contributed by atoms with E-state index in [0.29, 0.717) is 35.7 Å². The van der Waals surface area contributed by atoms with Crippen molar-refractivity contribution in [3.63, 3.8) is 0 Å². The number of ether oxygens (including phenoxy) is 2. The number of fused-ring (bicyclic) bond motifs is 1. The van der Waals surface area contributed by atoms with E-state index in [2.05, 4.69) is 0 Å². The molecule has 2 aliphatic rings. The van der Waals surface area contributed by atoms with Crippen molar-refractivity contribution in [2.45, 2.75) is 32.1 Å². The van der Waals surface area contributed by atoms with E-state index in [1.54, 1.807) is 6.07 Å². The van der Waals surface area contributed by atoms with Crippen LogP contribution < -0.4 is 9.47 Å². The molecule has 1 fully saturated rings. The number of carbonyl (C=O) groups is 1. The van der Waals surface area contributed by atoms with Crippen LogP contribution in [0.3, 0.4) is 0 Å². The van der Waals surface area contributed by atoms with Crippen LogP contribution in [0.25, 0.3) is 0 Å². The largest absolute Gasteiger partial charge is 0.486 e. The second-order valence-corrected chi connectivity index (χ2v) is 5.87. The maximum Gasteiger partial charge on any atom is 0.303 e. The summed E-state index contributed by atoms with van der Waals surface area (Å²) < 4.78 is 11.2. The molecule has 0 aromatic heterocycles. The molecule has 20 heavy (non-hydrogen) atoms. The van der Waals surface area contributed by atoms with Gasteiger partial charge in [0, 0.05) is 11.1 Å². The number of benzene rings is 1. The molecule has 0 amide bonds. The topological polar surface area (TPSA) is 55.8 Å². The molecule has 3 rings (SSSR count). The van der Waals surface area contributed by atoms with Gasteiger partial charge in [-0.15, -0.1) is 0 Å². The van der Waals surface area contributed by atoms with Gasteiger partial charge in [0.15, 0.2) is 11.5 Å². The first-order chi connectivity index (χ1) is 9.58. The molecular formula is C15H17ClO4. The smallest absolute Gasteiger partial charge is 0.303 e. The van der Waals surface area contributed by atoms with Crippen molar-refractivity contribution in [1.82, 2.24) is 0 Å². The molecule has 1 unspecified atom stereocenters. The van der Waals surface area contributed by atoms with Gasteiger partial charge in [0.25, 0.3) is 0 Å². The van der Waals surface area contributed by atoms with E-state index in [0.717, 1.165) is 24.0 Å². The molecule has 0 bridgehead atoms. The highest BCUT2D eigenvalue weighted by Gasteiger charge is 2.37. The normalized spacial score (nSPS) is 18.7. The Morgan fingerprint density at radius 3 is 2.80 bits per heavy atom. The first-order valence-corrected chi connectivity index (χ1v) is 7.26. The lowest BCUT2D eigenvalue weighted by Crippen LogP contribution is -2.18. The van der Waals surface area contributed by atoms with Crippen LogP contribution in [-0.2, 0) is 4.79 Å². The number of carboxylic acids is 1. The van der Waals surface area contributed by atoms with Gasteiger partial charge < -0.3 is 14.6 Å². The predicted octanol–water partition coefficient (Wildman–Crippen LogP) is 3.39. The number of hydrogen-bond donors (Lipinski definition) is 1. The fourth-order valence-electron chi connectivity index (χ4n) is 2.97. The van der Waals surface area contributed by atoms with E-state index >= 15 is 0 Å². The van der Waals surface area contributed by atoms with E-state index < -0.39 is 5.97 Å². The van der Waals surface area contributed by atoms with Crippen LogP contribution in [0.2, 0.25) is 5.02 Å². The average Bonchev–Trinajstić information content (AvgIpc) is 3.21. The second-order valence-electron chi connectivity index (χ2n) is 5.46. The van der Waals surface area contributed by atoms with Crippen LogP contribution in [0.15, 0.2) is 6.07 Å². The molecule has 1 saturated carbocycles. The zero-order valence-electron chi connectivity index (χ0n) is 11.3. The highest BCUT2D eigenvalue weighted by atomic mass is 35.5. The third kappa shape index (κ3) is 2.44. The molecule has 5 heteroatoms. The molecule has 1 N–H and O–H groups in total. The molecule has 108 valence electrons. The van der Waals surface area contributed by atoms with Gasteiger partial charge in [-0.1, -0.05) is 11.6 Å². The van der Waals surface area contributed by atoms with Crippen LogP contribution in [0.1, 0.15) is 36.3 Å². The van der Waals surface area contributed by atoms with Crippen LogP contribution >= 0.6 is 11.6 Å². The highest BCUT2D eigenvalue weighted by molar-refractivity contribution is 6.31. The number of aliphatic carboxylic acids is 1. The lowest BCUT2D eigenvalue weighted by atomic mass is 9.87. The zero-order chi connectivity index (χ0) is 14.3. The van der Waals surface area contributed by atoms with Crippen LogP contribution in [0.5, 0.6) is 11.5 Å². The molecule has 0 radical (unpaired) electrons. The summed E-state index contributed by atoms with van der Waals surface area (Å²) >= 11 is 6.39. The summed E-state index contributed by atoms with van der Waals surface area (Å²) in [4.78, 5) is 11.1. The maximum atomic E-state index is 11.1. The Kier molecular flexibility index (Phi) is 3.50. The van der Waals surface area contributed by atoms with E-state index in [9.17, 15) is 4.79 Å². The van der Waals surface area contributed by atoms with E-state index in [4.69, 9.17) is 26.2 Å². The van der Waals surface area contributed by atoms with Gasteiger partial charge in [0.2, 0.25) is 0 Å². The lowest BCUT2D eigenvalue weighted by Gasteiger charge is -2.26. The fourth-order valence-corrected chi connectivity index (χ4v) is 3.35. The number of rotatable bonds is 4. The summed E-state index contributed by atoms with van der Waals surface area (Å²) in [6.45, 7) is 2.97. The van der Waals surface area contributed by atoms with Gasteiger partial charge in [-0.05, 0) is 42.7 Å². The van der Waals surface area contributed by atoms with Crippen molar-refractivity contribution >= 4 is 17.6 Å². The highest BCUT2D eigenvalue weighted by Crippen LogP contribution is 2.50. The van der Waals surface area contributed by atoms with Crippen molar-refractivity contribution in [3.8, 4) is 11.5 Å². The van der Waals surface area contributed by atoms with Gasteiger partial charge >= 0.3 is 5.97 Å². The standard InChI is InChI=1S/C15H17ClO4/c1-8-14(10(6-13(17)18)9-2-3-9)11(16)7-12-15(8)20-5-4-19-12/h7,9-10H,2-6H2,1H3,(H,17,18). The van der Waals surface area contributed by atoms with Crippen LogP contribution in [-0.4, -0.2) is 24.3 Å². The van der Waals surface area contributed by atoms with Gasteiger partial charge in [0.1, 0.15) is 13.2 Å². The molecule has 0 saturated heterocycles. The van der Waals surface area contributed by atoms with Crippen molar-refractivity contribution in [3.05, 3.63) is 22.2 Å². The van der Waals surface area contributed by atoms with Gasteiger partial charge in [0.05, 0.1) is 6.42 Å². The summed E-state index contributed by atoms with van der Waals surface area (Å²) in [5.41, 5.74) is 1.84. The third-order valence-electron chi connectivity index (χ3n) is 4.03. The Morgan fingerprint density at radius 2 is 2.15 bits per heavy atom. The van der Waals surface area contributed by atoms with Crippen LogP contribution in [0.4, 0.5) is 0 Å².